The van der Waals surface area contributed by atoms with Crippen LogP contribution in [0.15, 0.2) is 41.5 Å². The summed E-state index contributed by atoms with van der Waals surface area (Å²) < 4.78 is 0. The zero-order valence-corrected chi connectivity index (χ0v) is 13.0. The van der Waals surface area contributed by atoms with E-state index < -0.39 is 24.4 Å². The van der Waals surface area contributed by atoms with Crippen LogP contribution in [0.3, 0.4) is 0 Å². The first kappa shape index (κ1) is 15.7. The number of aromatic nitrogens is 1. The summed E-state index contributed by atoms with van der Waals surface area (Å²) in [5, 5.41) is 16.4. The van der Waals surface area contributed by atoms with E-state index >= 15 is 0 Å². The number of aromatic hydroxyl groups is 1. The number of phenols is 1. The first-order chi connectivity index (χ1) is 11.5. The van der Waals surface area contributed by atoms with Gasteiger partial charge in [0.15, 0.2) is 5.13 Å². The van der Waals surface area contributed by atoms with Gasteiger partial charge in [-0.3, -0.25) is 9.59 Å². The molecular weight excluding hydrogens is 332 g/mol. The average Bonchev–Trinajstić information content (AvgIpc) is 3.12. The number of hydrogen-bond acceptors (Lipinski definition) is 6. The molecule has 1 fully saturated rings. The van der Waals surface area contributed by atoms with E-state index in [2.05, 4.69) is 15.6 Å². The van der Waals surface area contributed by atoms with Crippen LogP contribution in [0.2, 0.25) is 0 Å². The number of nitrogens with zero attached hydrogens (tertiary/aromatic N) is 2. The van der Waals surface area contributed by atoms with Gasteiger partial charge < -0.3 is 15.7 Å². The molecule has 0 saturated carbocycles. The minimum absolute atomic E-state index is 0.0349. The summed E-state index contributed by atoms with van der Waals surface area (Å²) in [6.07, 6.45) is 2.96. The molecule has 4 amide bonds. The Kier molecular flexibility index (Phi) is 4.25. The molecule has 0 unspecified atom stereocenters. The normalized spacial score (nSPS) is 15.7. The van der Waals surface area contributed by atoms with Crippen molar-refractivity contribution in [3.05, 3.63) is 47.1 Å². The topological polar surface area (TPSA) is 112 Å². The fourth-order valence-electron chi connectivity index (χ4n) is 2.08. The van der Waals surface area contributed by atoms with Crippen molar-refractivity contribution in [3.63, 3.8) is 0 Å². The molecule has 1 aliphatic heterocycles. The Morgan fingerprint density at radius 2 is 2.25 bits per heavy atom. The molecule has 122 valence electrons. The number of anilines is 1. The minimum atomic E-state index is -0.680. The second-order valence-corrected chi connectivity index (χ2v) is 5.75. The molecule has 0 spiro atoms. The molecule has 1 aliphatic rings. The molecule has 0 atom stereocenters. The Bertz CT molecular complexity index is 832. The van der Waals surface area contributed by atoms with Gasteiger partial charge in [-0.2, -0.15) is 0 Å². The summed E-state index contributed by atoms with van der Waals surface area (Å²) in [6, 6.07) is 5.55. The fraction of sp³-hybridized carbons (Fsp3) is 0.0667. The van der Waals surface area contributed by atoms with Crippen LogP contribution in [0.5, 0.6) is 5.75 Å². The number of thiazole rings is 1. The predicted octanol–water partition coefficient (Wildman–Crippen LogP) is 1.38. The molecule has 2 aromatic rings. The number of phenolic OH excluding ortho intramolecular Hbond substituents is 1. The maximum atomic E-state index is 12.3. The summed E-state index contributed by atoms with van der Waals surface area (Å²) in [5.74, 6) is -1.09. The molecule has 8 nitrogen and oxygen atoms in total. The molecule has 3 N–H and O–H groups in total. The lowest BCUT2D eigenvalue weighted by Gasteiger charge is -2.10. The number of amides is 4. The van der Waals surface area contributed by atoms with Gasteiger partial charge in [0, 0.05) is 11.6 Å². The van der Waals surface area contributed by atoms with E-state index in [1.807, 2.05) is 0 Å². The van der Waals surface area contributed by atoms with Crippen LogP contribution in [0.1, 0.15) is 5.56 Å². The standard InChI is InChI=1S/C15H12N4O4S/c20-10-3-1-2-9(6-10)7-11-13(22)19(15(23)17-11)8-12(21)18-14-16-4-5-24-14/h1-7,20H,8H2,(H,17,23)(H,16,18,21)/b11-7-. The fourth-order valence-corrected chi connectivity index (χ4v) is 2.63. The van der Waals surface area contributed by atoms with Crippen LogP contribution < -0.4 is 10.6 Å². The zero-order chi connectivity index (χ0) is 17.1. The average molecular weight is 344 g/mol. The highest BCUT2D eigenvalue weighted by Crippen LogP contribution is 2.17. The molecule has 2 heterocycles. The van der Waals surface area contributed by atoms with Crippen LogP contribution >= 0.6 is 11.3 Å². The molecule has 0 radical (unpaired) electrons. The highest BCUT2D eigenvalue weighted by molar-refractivity contribution is 7.13. The van der Waals surface area contributed by atoms with E-state index in [-0.39, 0.29) is 11.4 Å². The summed E-state index contributed by atoms with van der Waals surface area (Å²) in [6.45, 7) is -0.415. The van der Waals surface area contributed by atoms with E-state index in [0.29, 0.717) is 10.7 Å². The first-order valence-electron chi connectivity index (χ1n) is 6.86. The summed E-state index contributed by atoms with van der Waals surface area (Å²) >= 11 is 1.23. The molecule has 24 heavy (non-hydrogen) atoms. The van der Waals surface area contributed by atoms with Crippen molar-refractivity contribution in [2.75, 3.05) is 11.9 Å². The van der Waals surface area contributed by atoms with Crippen molar-refractivity contribution in [1.29, 1.82) is 0 Å². The van der Waals surface area contributed by atoms with E-state index in [4.69, 9.17) is 0 Å². The Morgan fingerprint density at radius 1 is 1.42 bits per heavy atom. The largest absolute Gasteiger partial charge is 0.508 e. The summed E-state index contributed by atoms with van der Waals surface area (Å²) in [5.41, 5.74) is 0.584. The van der Waals surface area contributed by atoms with Gasteiger partial charge in [-0.25, -0.2) is 14.7 Å². The number of imide groups is 1. The minimum Gasteiger partial charge on any atom is -0.508 e. The highest BCUT2D eigenvalue weighted by Gasteiger charge is 2.34. The van der Waals surface area contributed by atoms with Crippen molar-refractivity contribution in [1.82, 2.24) is 15.2 Å². The van der Waals surface area contributed by atoms with E-state index in [1.54, 1.807) is 17.5 Å². The Balaban J connectivity index is 1.71. The van der Waals surface area contributed by atoms with E-state index in [0.717, 1.165) is 4.90 Å². The Hall–Kier alpha value is -3.20. The van der Waals surface area contributed by atoms with E-state index in [1.165, 1.54) is 35.7 Å². The number of benzene rings is 1. The monoisotopic (exact) mass is 344 g/mol. The number of carbonyl (C=O) groups excluding carboxylic acids is 3. The number of nitrogens with one attached hydrogen (secondary N) is 2. The van der Waals surface area contributed by atoms with Crippen molar-refractivity contribution in [2.45, 2.75) is 0 Å². The highest BCUT2D eigenvalue weighted by atomic mass is 32.1. The third-order valence-corrected chi connectivity index (χ3v) is 3.81. The van der Waals surface area contributed by atoms with Gasteiger partial charge in [0.2, 0.25) is 5.91 Å². The Morgan fingerprint density at radius 3 is 2.96 bits per heavy atom. The number of carbonyl (C=O) groups is 3. The van der Waals surface area contributed by atoms with Crippen LogP contribution in [0.4, 0.5) is 9.93 Å². The summed E-state index contributed by atoms with van der Waals surface area (Å²) in [7, 11) is 0. The van der Waals surface area contributed by atoms with Gasteiger partial charge in [-0.15, -0.1) is 11.3 Å². The third-order valence-electron chi connectivity index (χ3n) is 3.12. The van der Waals surface area contributed by atoms with Gasteiger partial charge in [0.1, 0.15) is 18.0 Å². The van der Waals surface area contributed by atoms with Crippen molar-refractivity contribution < 1.29 is 19.5 Å². The number of urea groups is 1. The number of rotatable bonds is 4. The van der Waals surface area contributed by atoms with Crippen LogP contribution in [0.25, 0.3) is 6.08 Å². The van der Waals surface area contributed by atoms with Crippen LogP contribution in [-0.4, -0.2) is 39.4 Å². The third kappa shape index (κ3) is 3.41. The van der Waals surface area contributed by atoms with Gasteiger partial charge >= 0.3 is 6.03 Å². The second-order valence-electron chi connectivity index (χ2n) is 4.86. The lowest BCUT2D eigenvalue weighted by atomic mass is 10.2. The molecule has 1 saturated heterocycles. The first-order valence-corrected chi connectivity index (χ1v) is 7.74. The molecule has 0 aliphatic carbocycles. The predicted molar refractivity (Wildman–Crippen MR) is 87.1 cm³/mol. The van der Waals surface area contributed by atoms with Crippen LogP contribution in [-0.2, 0) is 9.59 Å². The zero-order valence-electron chi connectivity index (χ0n) is 12.2. The maximum absolute atomic E-state index is 12.3. The molecular formula is C15H12N4O4S. The molecule has 1 aromatic heterocycles. The van der Waals surface area contributed by atoms with Crippen molar-refractivity contribution in [2.24, 2.45) is 0 Å². The van der Waals surface area contributed by atoms with Gasteiger partial charge in [0.25, 0.3) is 5.91 Å². The number of hydrogen-bond donors (Lipinski definition) is 3. The van der Waals surface area contributed by atoms with Gasteiger partial charge in [-0.1, -0.05) is 12.1 Å². The lowest BCUT2D eigenvalue weighted by molar-refractivity contribution is -0.127. The molecule has 3 rings (SSSR count). The quantitative estimate of drug-likeness (QED) is 0.573. The SMILES string of the molecule is O=C(CN1C(=O)N/C(=C\c2cccc(O)c2)C1=O)Nc1nccs1. The van der Waals surface area contributed by atoms with Gasteiger partial charge in [-0.05, 0) is 23.8 Å². The van der Waals surface area contributed by atoms with E-state index in [9.17, 15) is 19.5 Å². The summed E-state index contributed by atoms with van der Waals surface area (Å²) in [4.78, 5) is 40.8. The van der Waals surface area contributed by atoms with Crippen LogP contribution in [0, 0.1) is 0 Å². The second kappa shape index (κ2) is 6.50. The van der Waals surface area contributed by atoms with Crippen molar-refractivity contribution in [3.8, 4) is 5.75 Å². The Labute approximate surface area is 140 Å². The maximum Gasteiger partial charge on any atom is 0.329 e. The van der Waals surface area contributed by atoms with Crippen molar-refractivity contribution >= 4 is 40.4 Å². The smallest absolute Gasteiger partial charge is 0.329 e. The lowest BCUT2D eigenvalue weighted by Crippen LogP contribution is -2.38. The molecule has 1 aromatic carbocycles. The molecule has 0 bridgehead atoms. The van der Waals surface area contributed by atoms with Gasteiger partial charge in [0.05, 0.1) is 0 Å². The molecule has 9 heteroatoms.